The van der Waals surface area contributed by atoms with Crippen molar-refractivity contribution in [1.82, 2.24) is 25.1 Å². The minimum atomic E-state index is -0.332. The number of fused-ring (bicyclic) bond motifs is 3. The average molecular weight is 329 g/mol. The molecule has 3 aromatic rings. The van der Waals surface area contributed by atoms with Gasteiger partial charge in [-0.1, -0.05) is 0 Å². The zero-order chi connectivity index (χ0) is 16.1. The van der Waals surface area contributed by atoms with Gasteiger partial charge in [-0.05, 0) is 26.3 Å². The second kappa shape index (κ2) is 5.02. The molecule has 0 unspecified atom stereocenters. The van der Waals surface area contributed by atoms with Crippen LogP contribution in [0.3, 0.4) is 0 Å². The van der Waals surface area contributed by atoms with Crippen LogP contribution in [0.1, 0.15) is 44.4 Å². The van der Waals surface area contributed by atoms with Crippen LogP contribution in [0.2, 0.25) is 0 Å². The van der Waals surface area contributed by atoms with E-state index in [1.165, 1.54) is 6.26 Å². The van der Waals surface area contributed by atoms with Crippen LogP contribution in [0.15, 0.2) is 16.9 Å². The van der Waals surface area contributed by atoms with E-state index in [-0.39, 0.29) is 11.9 Å². The van der Waals surface area contributed by atoms with Crippen LogP contribution in [-0.4, -0.2) is 25.7 Å². The van der Waals surface area contributed by atoms with Gasteiger partial charge in [0, 0.05) is 4.88 Å². The quantitative estimate of drug-likeness (QED) is 0.779. The first-order valence-corrected chi connectivity index (χ1v) is 8.09. The Labute approximate surface area is 136 Å². The van der Waals surface area contributed by atoms with E-state index in [9.17, 15) is 4.79 Å². The number of aryl methyl sites for hydroxylation is 2. The minimum Gasteiger partial charge on any atom is -0.449 e. The molecule has 3 aromatic heterocycles. The number of hydrogen-bond donors (Lipinski definition) is 1. The first kappa shape index (κ1) is 14.1. The third-order valence-electron chi connectivity index (χ3n) is 4.13. The van der Waals surface area contributed by atoms with Crippen molar-refractivity contribution >= 4 is 17.2 Å². The van der Waals surface area contributed by atoms with E-state index in [0.29, 0.717) is 23.7 Å². The van der Waals surface area contributed by atoms with Crippen LogP contribution in [-0.2, 0) is 6.42 Å². The Balaban J connectivity index is 1.88. The van der Waals surface area contributed by atoms with Crippen LogP contribution in [0, 0.1) is 20.8 Å². The van der Waals surface area contributed by atoms with Crippen molar-refractivity contribution < 1.29 is 9.21 Å². The van der Waals surface area contributed by atoms with Crippen LogP contribution in [0.4, 0.5) is 0 Å². The second-order valence-corrected chi connectivity index (χ2v) is 6.76. The molecule has 1 atom stereocenters. The van der Waals surface area contributed by atoms with Gasteiger partial charge in [-0.15, -0.1) is 21.5 Å². The Bertz CT molecular complexity index is 894. The van der Waals surface area contributed by atoms with Gasteiger partial charge in [0.1, 0.15) is 17.1 Å². The summed E-state index contributed by atoms with van der Waals surface area (Å²) in [6.45, 7) is 5.88. The number of carbonyl (C=O) groups is 1. The largest absolute Gasteiger partial charge is 0.449 e. The number of nitrogens with one attached hydrogen (secondary N) is 1. The maximum absolute atomic E-state index is 12.7. The second-order valence-electron chi connectivity index (χ2n) is 5.56. The van der Waals surface area contributed by atoms with E-state index < -0.39 is 0 Å². The summed E-state index contributed by atoms with van der Waals surface area (Å²) in [5.74, 6) is 1.93. The summed E-state index contributed by atoms with van der Waals surface area (Å²) in [6.07, 6.45) is 3.55. The zero-order valence-corrected chi connectivity index (χ0v) is 13.8. The average Bonchev–Trinajstić information content (AvgIpc) is 3.18. The Morgan fingerprint density at radius 3 is 2.91 bits per heavy atom. The molecule has 118 valence electrons. The maximum atomic E-state index is 12.7. The molecule has 1 aliphatic heterocycles. The van der Waals surface area contributed by atoms with E-state index in [1.807, 2.05) is 25.3 Å². The van der Waals surface area contributed by atoms with E-state index in [2.05, 4.69) is 20.5 Å². The molecule has 1 amide bonds. The van der Waals surface area contributed by atoms with Crippen LogP contribution in [0.5, 0.6) is 0 Å². The highest BCUT2D eigenvalue weighted by atomic mass is 32.1. The molecule has 0 aliphatic carbocycles. The summed E-state index contributed by atoms with van der Waals surface area (Å²) in [4.78, 5) is 18.0. The molecule has 4 rings (SSSR count). The van der Waals surface area contributed by atoms with Crippen LogP contribution >= 0.6 is 11.3 Å². The van der Waals surface area contributed by atoms with Crippen molar-refractivity contribution in [1.29, 1.82) is 0 Å². The molecule has 7 nitrogen and oxygen atoms in total. The minimum absolute atomic E-state index is 0.0942. The molecular weight excluding hydrogens is 314 g/mol. The number of hydrogen-bond acceptors (Lipinski definition) is 6. The molecule has 1 aliphatic rings. The van der Waals surface area contributed by atoms with Crippen molar-refractivity contribution in [2.45, 2.75) is 33.2 Å². The number of oxazole rings is 1. The van der Waals surface area contributed by atoms with Gasteiger partial charge in [0.25, 0.3) is 5.91 Å². The summed E-state index contributed by atoms with van der Waals surface area (Å²) in [5.41, 5.74) is 1.70. The highest BCUT2D eigenvalue weighted by Crippen LogP contribution is 2.36. The van der Waals surface area contributed by atoms with Crippen molar-refractivity contribution in [2.24, 2.45) is 0 Å². The third-order valence-corrected chi connectivity index (χ3v) is 5.32. The van der Waals surface area contributed by atoms with Gasteiger partial charge in [-0.2, -0.15) is 0 Å². The zero-order valence-electron chi connectivity index (χ0n) is 13.0. The smallest absolute Gasteiger partial charge is 0.255 e. The molecule has 23 heavy (non-hydrogen) atoms. The van der Waals surface area contributed by atoms with Crippen LogP contribution in [0.25, 0.3) is 5.00 Å². The van der Waals surface area contributed by atoms with Crippen molar-refractivity contribution in [3.8, 4) is 5.00 Å². The Morgan fingerprint density at radius 2 is 2.17 bits per heavy atom. The molecule has 8 heteroatoms. The van der Waals surface area contributed by atoms with Gasteiger partial charge in [0.05, 0.1) is 24.2 Å². The normalized spacial score (nSPS) is 16.7. The molecule has 4 heterocycles. The molecule has 0 saturated heterocycles. The van der Waals surface area contributed by atoms with Gasteiger partial charge >= 0.3 is 0 Å². The lowest BCUT2D eigenvalue weighted by atomic mass is 10.1. The van der Waals surface area contributed by atoms with Crippen molar-refractivity contribution in [3.63, 3.8) is 0 Å². The number of thiophene rings is 1. The first-order chi connectivity index (χ1) is 11.1. The molecule has 0 saturated carbocycles. The van der Waals surface area contributed by atoms with Gasteiger partial charge in [-0.25, -0.2) is 4.98 Å². The molecule has 0 spiro atoms. The van der Waals surface area contributed by atoms with E-state index in [0.717, 1.165) is 21.3 Å². The summed E-state index contributed by atoms with van der Waals surface area (Å²) < 4.78 is 7.28. The number of carbonyl (C=O) groups excluding carboxylic acids is 1. The molecule has 1 N–H and O–H groups in total. The monoisotopic (exact) mass is 329 g/mol. The predicted octanol–water partition coefficient (Wildman–Crippen LogP) is 2.27. The highest BCUT2D eigenvalue weighted by Gasteiger charge is 2.33. The van der Waals surface area contributed by atoms with Crippen molar-refractivity contribution in [2.75, 3.05) is 0 Å². The number of rotatable bonds is 2. The number of amides is 1. The van der Waals surface area contributed by atoms with E-state index in [1.54, 1.807) is 17.5 Å². The fourth-order valence-corrected chi connectivity index (χ4v) is 4.06. The lowest BCUT2D eigenvalue weighted by molar-refractivity contribution is 0.0936. The summed E-state index contributed by atoms with van der Waals surface area (Å²) in [7, 11) is 0. The topological polar surface area (TPSA) is 85.8 Å². The summed E-state index contributed by atoms with van der Waals surface area (Å²) in [6, 6.07) is -0.332. The molecule has 0 bridgehead atoms. The van der Waals surface area contributed by atoms with Gasteiger partial charge < -0.3 is 9.73 Å². The SMILES string of the molecule is Cc1sc2c(c1C)C(=O)N[C@@H](Cc1ncco1)c1nnc(C)n1-2. The lowest BCUT2D eigenvalue weighted by Gasteiger charge is -2.13. The summed E-state index contributed by atoms with van der Waals surface area (Å²) in [5, 5.41) is 12.4. The first-order valence-electron chi connectivity index (χ1n) is 7.27. The van der Waals surface area contributed by atoms with Crippen molar-refractivity contribution in [3.05, 3.63) is 46.0 Å². The van der Waals surface area contributed by atoms with E-state index in [4.69, 9.17) is 4.42 Å². The highest BCUT2D eigenvalue weighted by molar-refractivity contribution is 7.15. The Kier molecular flexibility index (Phi) is 3.08. The predicted molar refractivity (Wildman–Crippen MR) is 83.9 cm³/mol. The third kappa shape index (κ3) is 2.09. The standard InChI is InChI=1S/C15H15N5O2S/c1-7-8(2)23-15-12(7)14(21)17-10(6-11-16-4-5-22-11)13-19-18-9(3)20(13)15/h4-5,10H,6H2,1-3H3,(H,17,21)/t10-/m0/s1. The number of aromatic nitrogens is 4. The molecular formula is C15H15N5O2S. The number of nitrogens with zero attached hydrogens (tertiary/aromatic N) is 4. The summed E-state index contributed by atoms with van der Waals surface area (Å²) >= 11 is 1.59. The molecule has 0 radical (unpaired) electrons. The maximum Gasteiger partial charge on any atom is 0.255 e. The van der Waals surface area contributed by atoms with Gasteiger partial charge in [0.2, 0.25) is 0 Å². The Morgan fingerprint density at radius 1 is 1.35 bits per heavy atom. The molecule has 0 aromatic carbocycles. The lowest BCUT2D eigenvalue weighted by Crippen LogP contribution is -2.29. The molecule has 0 fully saturated rings. The Hall–Kier alpha value is -2.48. The van der Waals surface area contributed by atoms with Gasteiger partial charge in [0.15, 0.2) is 11.7 Å². The van der Waals surface area contributed by atoms with E-state index >= 15 is 0 Å². The fraction of sp³-hybridized carbons (Fsp3) is 0.333. The van der Waals surface area contributed by atoms with Crippen LogP contribution < -0.4 is 5.32 Å². The fourth-order valence-electron chi connectivity index (χ4n) is 2.85. The van der Waals surface area contributed by atoms with Gasteiger partial charge in [-0.3, -0.25) is 9.36 Å².